The summed E-state index contributed by atoms with van der Waals surface area (Å²) in [6, 6.07) is 4.48. The molecule has 0 unspecified atom stereocenters. The van der Waals surface area contributed by atoms with Crippen LogP contribution in [0.4, 0.5) is 0 Å². The molecule has 0 saturated heterocycles. The third-order valence-electron chi connectivity index (χ3n) is 3.10. The molecule has 122 valence electrons. The quantitative estimate of drug-likeness (QED) is 0.825. The minimum Gasteiger partial charge on any atom is -0.360 e. The number of benzene rings is 1. The number of hydrogen-bond acceptors (Lipinski definition) is 4. The molecule has 1 aromatic heterocycles. The molecule has 0 saturated carbocycles. The summed E-state index contributed by atoms with van der Waals surface area (Å²) in [5, 5.41) is 4.37. The molecule has 1 aromatic carbocycles. The van der Waals surface area contributed by atoms with Crippen molar-refractivity contribution < 1.29 is 14.1 Å². The Bertz CT molecular complexity index is 756. The fourth-order valence-electron chi connectivity index (χ4n) is 1.97. The number of carbonyl (C=O) groups excluding carboxylic acids is 2. The summed E-state index contributed by atoms with van der Waals surface area (Å²) in [5.74, 6) is -0.657. The number of carbonyl (C=O) groups is 2. The maximum atomic E-state index is 12.3. The number of amides is 2. The van der Waals surface area contributed by atoms with Crippen LogP contribution in [0.5, 0.6) is 0 Å². The van der Waals surface area contributed by atoms with E-state index < -0.39 is 11.8 Å². The summed E-state index contributed by atoms with van der Waals surface area (Å²) in [7, 11) is 0. The molecule has 0 bridgehead atoms. The second-order valence-corrected chi connectivity index (χ2v) is 6.04. The Hall–Kier alpha value is -2.05. The first-order chi connectivity index (χ1) is 10.8. The zero-order valence-electron chi connectivity index (χ0n) is 12.7. The van der Waals surface area contributed by atoms with Gasteiger partial charge in [-0.3, -0.25) is 20.4 Å². The van der Waals surface area contributed by atoms with E-state index in [1.54, 1.807) is 13.0 Å². The summed E-state index contributed by atoms with van der Waals surface area (Å²) in [5.41, 5.74) is 5.53. The molecular weight excluding hydrogens is 341 g/mol. The van der Waals surface area contributed by atoms with Gasteiger partial charge in [-0.25, -0.2) is 0 Å². The van der Waals surface area contributed by atoms with Crippen molar-refractivity contribution in [2.24, 2.45) is 0 Å². The van der Waals surface area contributed by atoms with Crippen molar-refractivity contribution in [3.8, 4) is 0 Å². The highest BCUT2D eigenvalue weighted by Crippen LogP contribution is 2.22. The van der Waals surface area contributed by atoms with Crippen LogP contribution in [0, 0.1) is 6.92 Å². The van der Waals surface area contributed by atoms with Gasteiger partial charge in [-0.15, -0.1) is 0 Å². The van der Waals surface area contributed by atoms with E-state index in [4.69, 9.17) is 27.7 Å². The van der Waals surface area contributed by atoms with Crippen LogP contribution >= 0.6 is 23.2 Å². The average molecular weight is 356 g/mol. The molecular formula is C15H15Cl2N3O3. The van der Waals surface area contributed by atoms with Crippen molar-refractivity contribution in [1.29, 1.82) is 0 Å². The monoisotopic (exact) mass is 355 g/mol. The van der Waals surface area contributed by atoms with Crippen molar-refractivity contribution in [1.82, 2.24) is 16.0 Å². The topological polar surface area (TPSA) is 84.2 Å². The Labute approximate surface area is 143 Å². The van der Waals surface area contributed by atoms with E-state index in [1.165, 1.54) is 12.1 Å². The molecule has 0 atom stereocenters. The van der Waals surface area contributed by atoms with Crippen LogP contribution in [0.3, 0.4) is 0 Å². The molecule has 0 aliphatic rings. The number of aromatic nitrogens is 1. The lowest BCUT2D eigenvalue weighted by Gasteiger charge is -2.09. The normalized spacial score (nSPS) is 10.7. The number of nitrogens with zero attached hydrogens (tertiary/aromatic N) is 1. The number of nitrogens with one attached hydrogen (secondary N) is 2. The number of rotatable bonds is 3. The standard InChI is InChI=1S/C15H15Cl2N3O3/c1-7(2)13-12(8(3)20-23-13)15(22)19-18-14(21)10-6-9(16)4-5-11(10)17/h4-7H,1-3H3,(H,18,21)(H,19,22). The van der Waals surface area contributed by atoms with Crippen LogP contribution in [-0.4, -0.2) is 17.0 Å². The Morgan fingerprint density at radius 3 is 2.48 bits per heavy atom. The lowest BCUT2D eigenvalue weighted by molar-refractivity contribution is 0.0845. The van der Waals surface area contributed by atoms with Crippen molar-refractivity contribution in [3.63, 3.8) is 0 Å². The van der Waals surface area contributed by atoms with Gasteiger partial charge >= 0.3 is 0 Å². The minimum atomic E-state index is -0.578. The van der Waals surface area contributed by atoms with Gasteiger partial charge in [0.2, 0.25) is 0 Å². The fourth-order valence-corrected chi connectivity index (χ4v) is 2.35. The van der Waals surface area contributed by atoms with Gasteiger partial charge in [-0.2, -0.15) is 0 Å². The van der Waals surface area contributed by atoms with Gasteiger partial charge in [0, 0.05) is 10.9 Å². The van der Waals surface area contributed by atoms with Crippen molar-refractivity contribution in [2.75, 3.05) is 0 Å². The number of hydrazine groups is 1. The van der Waals surface area contributed by atoms with E-state index in [0.717, 1.165) is 0 Å². The highest BCUT2D eigenvalue weighted by molar-refractivity contribution is 6.35. The van der Waals surface area contributed by atoms with Crippen LogP contribution in [0.1, 0.15) is 51.9 Å². The van der Waals surface area contributed by atoms with Crippen LogP contribution in [0.2, 0.25) is 10.0 Å². The van der Waals surface area contributed by atoms with Gasteiger partial charge in [0.25, 0.3) is 11.8 Å². The first-order valence-electron chi connectivity index (χ1n) is 6.83. The maximum absolute atomic E-state index is 12.3. The first-order valence-corrected chi connectivity index (χ1v) is 7.58. The summed E-state index contributed by atoms with van der Waals surface area (Å²) < 4.78 is 5.14. The van der Waals surface area contributed by atoms with E-state index in [2.05, 4.69) is 16.0 Å². The first kappa shape index (κ1) is 17.3. The number of aryl methyl sites for hydroxylation is 1. The Balaban J connectivity index is 2.12. The maximum Gasteiger partial charge on any atom is 0.275 e. The van der Waals surface area contributed by atoms with Gasteiger partial charge in [-0.05, 0) is 25.1 Å². The smallest absolute Gasteiger partial charge is 0.275 e. The predicted molar refractivity (Wildman–Crippen MR) is 86.7 cm³/mol. The predicted octanol–water partition coefficient (Wildman–Crippen LogP) is 3.49. The van der Waals surface area contributed by atoms with E-state index in [1.807, 2.05) is 13.8 Å². The second kappa shape index (κ2) is 7.02. The average Bonchev–Trinajstić information content (AvgIpc) is 2.89. The third kappa shape index (κ3) is 3.83. The molecule has 8 heteroatoms. The zero-order valence-corrected chi connectivity index (χ0v) is 14.2. The molecule has 2 amide bonds. The second-order valence-electron chi connectivity index (χ2n) is 5.19. The summed E-state index contributed by atoms with van der Waals surface area (Å²) >= 11 is 11.8. The molecule has 0 radical (unpaired) electrons. The number of halogens is 2. The van der Waals surface area contributed by atoms with Crippen LogP contribution in [-0.2, 0) is 0 Å². The molecule has 1 heterocycles. The van der Waals surface area contributed by atoms with Gasteiger partial charge < -0.3 is 4.52 Å². The Morgan fingerprint density at radius 1 is 1.17 bits per heavy atom. The Kier molecular flexibility index (Phi) is 5.28. The molecule has 0 fully saturated rings. The van der Waals surface area contributed by atoms with Gasteiger partial charge in [0.15, 0.2) is 5.76 Å². The van der Waals surface area contributed by atoms with Gasteiger partial charge in [0.1, 0.15) is 5.56 Å². The molecule has 0 aliphatic carbocycles. The van der Waals surface area contributed by atoms with E-state index in [-0.39, 0.29) is 16.5 Å². The summed E-state index contributed by atoms with van der Waals surface area (Å²) in [4.78, 5) is 24.3. The summed E-state index contributed by atoms with van der Waals surface area (Å²) in [6.07, 6.45) is 0. The largest absolute Gasteiger partial charge is 0.360 e. The lowest BCUT2D eigenvalue weighted by Crippen LogP contribution is -2.42. The van der Waals surface area contributed by atoms with Crippen LogP contribution < -0.4 is 10.9 Å². The molecule has 0 aliphatic heterocycles. The van der Waals surface area contributed by atoms with Gasteiger partial charge in [0.05, 0.1) is 16.3 Å². The Morgan fingerprint density at radius 2 is 1.83 bits per heavy atom. The van der Waals surface area contributed by atoms with Crippen molar-refractivity contribution in [2.45, 2.75) is 26.7 Å². The minimum absolute atomic E-state index is 0.0185. The van der Waals surface area contributed by atoms with Crippen LogP contribution in [0.25, 0.3) is 0 Å². The highest BCUT2D eigenvalue weighted by Gasteiger charge is 2.23. The summed E-state index contributed by atoms with van der Waals surface area (Å²) in [6.45, 7) is 5.40. The molecule has 0 spiro atoms. The van der Waals surface area contributed by atoms with Crippen LogP contribution in [0.15, 0.2) is 22.7 Å². The highest BCUT2D eigenvalue weighted by atomic mass is 35.5. The van der Waals surface area contributed by atoms with Gasteiger partial charge in [-0.1, -0.05) is 42.2 Å². The lowest BCUT2D eigenvalue weighted by atomic mass is 10.0. The van der Waals surface area contributed by atoms with E-state index >= 15 is 0 Å². The van der Waals surface area contributed by atoms with Crippen molar-refractivity contribution in [3.05, 3.63) is 50.8 Å². The number of hydrogen-bond donors (Lipinski definition) is 2. The van der Waals surface area contributed by atoms with E-state index in [0.29, 0.717) is 22.0 Å². The van der Waals surface area contributed by atoms with Crippen molar-refractivity contribution >= 4 is 35.0 Å². The SMILES string of the molecule is Cc1noc(C(C)C)c1C(=O)NNC(=O)c1cc(Cl)ccc1Cl. The molecule has 6 nitrogen and oxygen atoms in total. The molecule has 2 rings (SSSR count). The molecule has 2 N–H and O–H groups in total. The third-order valence-corrected chi connectivity index (χ3v) is 3.67. The zero-order chi connectivity index (χ0) is 17.1. The molecule has 23 heavy (non-hydrogen) atoms. The molecule has 2 aromatic rings. The van der Waals surface area contributed by atoms with E-state index in [9.17, 15) is 9.59 Å². The fraction of sp³-hybridized carbons (Fsp3) is 0.267.